The third-order valence-electron chi connectivity index (χ3n) is 2.24. The molecular weight excluding hydrogens is 207 g/mol. The Kier molecular flexibility index (Phi) is 2.74. The number of nitrogens with zero attached hydrogens (tertiary/aromatic N) is 2. The van der Waals surface area contributed by atoms with Crippen molar-refractivity contribution in [1.29, 1.82) is 0 Å². The van der Waals surface area contributed by atoms with E-state index in [9.17, 15) is 0 Å². The van der Waals surface area contributed by atoms with Crippen molar-refractivity contribution < 1.29 is 4.74 Å². The van der Waals surface area contributed by atoms with Crippen molar-refractivity contribution in [3.8, 4) is 16.7 Å². The molecule has 1 atom stereocenters. The van der Waals surface area contributed by atoms with Crippen molar-refractivity contribution in [1.82, 2.24) is 9.97 Å². The zero-order chi connectivity index (χ0) is 10.8. The van der Waals surface area contributed by atoms with Gasteiger partial charge in [0.2, 0.25) is 5.88 Å². The first-order valence-electron chi connectivity index (χ1n) is 4.74. The van der Waals surface area contributed by atoms with E-state index in [0.29, 0.717) is 14.1 Å². The molecule has 0 fully saturated rings. The molecule has 0 aliphatic rings. The van der Waals surface area contributed by atoms with Crippen LogP contribution in [0.5, 0.6) is 5.88 Å². The van der Waals surface area contributed by atoms with E-state index < -0.39 is 0 Å². The van der Waals surface area contributed by atoms with Gasteiger partial charge in [0.15, 0.2) is 0 Å². The molecule has 2 aromatic heterocycles. The Balaban J connectivity index is 2.41. The molecule has 2 rings (SSSR count). The number of hydrogen-bond acceptors (Lipinski definition) is 3. The van der Waals surface area contributed by atoms with Crippen molar-refractivity contribution in [2.24, 2.45) is 0 Å². The van der Waals surface area contributed by atoms with Crippen LogP contribution >= 0.6 is 8.19 Å². The van der Waals surface area contributed by atoms with E-state index in [2.05, 4.69) is 16.9 Å². The molecule has 0 spiro atoms. The fourth-order valence-electron chi connectivity index (χ4n) is 1.54. The summed E-state index contributed by atoms with van der Waals surface area (Å²) in [4.78, 5) is 8.64. The number of rotatable bonds is 2. The van der Waals surface area contributed by atoms with Crippen LogP contribution in [0.2, 0.25) is 0 Å². The Hall–Kier alpha value is -1.34. The maximum atomic E-state index is 5.03. The summed E-state index contributed by atoms with van der Waals surface area (Å²) >= 11 is 0. The van der Waals surface area contributed by atoms with Gasteiger partial charge in [-0.2, -0.15) is 0 Å². The molecule has 3 nitrogen and oxygen atoms in total. The van der Waals surface area contributed by atoms with E-state index in [4.69, 9.17) is 4.74 Å². The Morgan fingerprint density at radius 3 is 2.53 bits per heavy atom. The molecule has 0 aromatic carbocycles. The largest absolute Gasteiger partial charge is 0.481 e. The molecule has 0 aliphatic heterocycles. The van der Waals surface area contributed by atoms with Crippen LogP contribution in [-0.4, -0.2) is 17.1 Å². The van der Waals surface area contributed by atoms with Crippen LogP contribution in [-0.2, 0) is 0 Å². The summed E-state index contributed by atoms with van der Waals surface area (Å²) in [5.41, 5.74) is 3.45. The number of aryl methyl sites for hydroxylation is 2. The van der Waals surface area contributed by atoms with Crippen molar-refractivity contribution in [2.75, 3.05) is 7.11 Å². The molecule has 2 heterocycles. The molecule has 15 heavy (non-hydrogen) atoms. The zero-order valence-corrected chi connectivity index (χ0v) is 10.0. The summed E-state index contributed by atoms with van der Waals surface area (Å²) in [5.74, 6) is 0.649. The van der Waals surface area contributed by atoms with E-state index in [1.807, 2.05) is 25.3 Å². The molecule has 0 N–H and O–H groups in total. The van der Waals surface area contributed by atoms with E-state index in [1.54, 1.807) is 7.11 Å². The monoisotopic (exact) mass is 220 g/mol. The predicted molar refractivity (Wildman–Crippen MR) is 63.0 cm³/mol. The second-order valence-electron chi connectivity index (χ2n) is 3.37. The van der Waals surface area contributed by atoms with Gasteiger partial charge in [0.05, 0.1) is 12.5 Å². The summed E-state index contributed by atoms with van der Waals surface area (Å²) in [6, 6.07) is 3.92. The van der Waals surface area contributed by atoms with Crippen molar-refractivity contribution in [3.63, 3.8) is 0 Å². The smallest absolute Gasteiger partial charge is 0.212 e. The molecule has 1 unspecified atom stereocenters. The van der Waals surface area contributed by atoms with Crippen LogP contribution in [0.1, 0.15) is 11.1 Å². The zero-order valence-electron chi connectivity index (χ0n) is 9.03. The lowest BCUT2D eigenvalue weighted by Crippen LogP contribution is -1.86. The normalized spacial score (nSPS) is 10.9. The van der Waals surface area contributed by atoms with Crippen molar-refractivity contribution in [3.05, 3.63) is 29.4 Å². The minimum absolute atomic E-state index is 0.649. The average Bonchev–Trinajstić information content (AvgIpc) is 2.58. The second kappa shape index (κ2) is 4.03. The minimum atomic E-state index is 0.649. The summed E-state index contributed by atoms with van der Waals surface area (Å²) < 4.78 is 5.03. The molecule has 0 bridgehead atoms. The number of hydrogen-bond donors (Lipinski definition) is 0. The molecule has 78 valence electrons. The fourth-order valence-corrected chi connectivity index (χ4v) is 2.65. The number of methoxy groups -OCH3 is 1. The van der Waals surface area contributed by atoms with Crippen LogP contribution < -0.4 is 4.74 Å². The second-order valence-corrected chi connectivity index (χ2v) is 4.85. The van der Waals surface area contributed by atoms with Gasteiger partial charge in [-0.05, 0) is 19.9 Å². The van der Waals surface area contributed by atoms with Gasteiger partial charge in [-0.3, -0.25) is 4.98 Å². The van der Waals surface area contributed by atoms with Crippen molar-refractivity contribution >= 4 is 8.19 Å². The van der Waals surface area contributed by atoms with Crippen LogP contribution in [0, 0.1) is 13.8 Å². The number of aromatic nitrogens is 2. The van der Waals surface area contributed by atoms with Gasteiger partial charge in [-0.25, -0.2) is 4.98 Å². The number of ether oxygens (including phenoxy) is 1. The maximum absolute atomic E-state index is 5.03. The summed E-state index contributed by atoms with van der Waals surface area (Å²) in [6.45, 7) is 4.11. The van der Waals surface area contributed by atoms with Gasteiger partial charge in [-0.1, -0.05) is 0 Å². The highest BCUT2D eigenvalue weighted by molar-refractivity contribution is 7.34. The fraction of sp³-hybridized carbons (Fsp3) is 0.273. The molecule has 0 saturated carbocycles. The molecule has 0 saturated heterocycles. The highest BCUT2D eigenvalue weighted by Crippen LogP contribution is 2.33. The Morgan fingerprint density at radius 1 is 1.27 bits per heavy atom. The topological polar surface area (TPSA) is 35.0 Å². The third kappa shape index (κ3) is 2.02. The van der Waals surface area contributed by atoms with Crippen LogP contribution in [0.4, 0.5) is 0 Å². The van der Waals surface area contributed by atoms with Crippen LogP contribution in [0.3, 0.4) is 0 Å². The summed E-state index contributed by atoms with van der Waals surface area (Å²) in [5, 5.41) is 1.29. The van der Waals surface area contributed by atoms with Gasteiger partial charge in [0, 0.05) is 28.8 Å². The first-order chi connectivity index (χ1) is 7.20. The molecule has 0 amide bonds. The standard InChI is InChI=1S/C11H13N2OP/c1-7-11(15-8(2)13-7)9-4-5-10(14-3)12-6-9/h4-6,15H,1-3H3. The molecule has 0 radical (unpaired) electrons. The first kappa shape index (κ1) is 10.2. The van der Waals surface area contributed by atoms with E-state index in [-0.39, 0.29) is 0 Å². The molecule has 4 heteroatoms. The summed E-state index contributed by atoms with van der Waals surface area (Å²) in [7, 11) is 2.30. The van der Waals surface area contributed by atoms with Gasteiger partial charge in [0.1, 0.15) is 0 Å². The number of pyridine rings is 1. The van der Waals surface area contributed by atoms with Crippen molar-refractivity contribution in [2.45, 2.75) is 13.8 Å². The van der Waals surface area contributed by atoms with Gasteiger partial charge >= 0.3 is 0 Å². The van der Waals surface area contributed by atoms with E-state index >= 15 is 0 Å². The first-order valence-corrected chi connectivity index (χ1v) is 5.74. The molecular formula is C11H13N2OP. The summed E-state index contributed by atoms with van der Waals surface area (Å²) in [6.07, 6.45) is 1.85. The average molecular weight is 220 g/mol. The lowest BCUT2D eigenvalue weighted by Gasteiger charge is -2.01. The van der Waals surface area contributed by atoms with Gasteiger partial charge < -0.3 is 4.74 Å². The Bertz CT molecular complexity index is 462. The van der Waals surface area contributed by atoms with E-state index in [0.717, 1.165) is 11.3 Å². The SMILES string of the molecule is COc1ccc(-c2[pH]c(C)nc2C)cn1. The predicted octanol–water partition coefficient (Wildman–Crippen LogP) is 2.80. The Labute approximate surface area is 90.6 Å². The highest BCUT2D eigenvalue weighted by Gasteiger charge is 2.06. The highest BCUT2D eigenvalue weighted by atomic mass is 31.0. The van der Waals surface area contributed by atoms with Gasteiger partial charge in [-0.15, -0.1) is 8.19 Å². The van der Waals surface area contributed by atoms with Crippen LogP contribution in [0.15, 0.2) is 18.3 Å². The molecule has 0 aliphatic carbocycles. The van der Waals surface area contributed by atoms with E-state index in [1.165, 1.54) is 10.7 Å². The quantitative estimate of drug-likeness (QED) is 0.780. The van der Waals surface area contributed by atoms with Gasteiger partial charge in [0.25, 0.3) is 0 Å². The molecule has 2 aromatic rings. The minimum Gasteiger partial charge on any atom is -0.481 e. The van der Waals surface area contributed by atoms with Crippen LogP contribution in [0.25, 0.3) is 10.9 Å². The third-order valence-corrected chi connectivity index (χ3v) is 3.61. The lowest BCUT2D eigenvalue weighted by atomic mass is 10.2. The Morgan fingerprint density at radius 2 is 2.07 bits per heavy atom. The maximum Gasteiger partial charge on any atom is 0.212 e. The lowest BCUT2D eigenvalue weighted by molar-refractivity contribution is 0.398.